The van der Waals surface area contributed by atoms with Crippen molar-refractivity contribution in [3.63, 3.8) is 0 Å². The number of hydrogen-bond donors (Lipinski definition) is 1. The minimum absolute atomic E-state index is 0.147. The van der Waals surface area contributed by atoms with Crippen molar-refractivity contribution in [2.24, 2.45) is 5.73 Å². The fourth-order valence-electron chi connectivity index (χ4n) is 0.655. The summed E-state index contributed by atoms with van der Waals surface area (Å²) < 4.78 is 44.9. The molecule has 0 bridgehead atoms. The second-order valence-corrected chi connectivity index (χ2v) is 3.00. The lowest BCUT2D eigenvalue weighted by Crippen LogP contribution is -2.23. The highest BCUT2D eigenvalue weighted by molar-refractivity contribution is 7.68. The van der Waals surface area contributed by atoms with E-state index in [4.69, 9.17) is 5.73 Å². The van der Waals surface area contributed by atoms with Crippen LogP contribution in [0, 0.1) is 0 Å². The Kier molecular flexibility index (Phi) is 4.68. The van der Waals surface area contributed by atoms with Crippen LogP contribution in [-0.4, -0.2) is 21.2 Å². The summed E-state index contributed by atoms with van der Waals surface area (Å²) in [5.41, 5.74) is 4.72. The lowest BCUT2D eigenvalue weighted by atomic mass is 10.2. The molecule has 0 aliphatic heterocycles. The van der Waals surface area contributed by atoms with Crippen LogP contribution < -0.4 is 5.73 Å². The first kappa shape index (κ1) is 12.2. The third-order valence-electron chi connectivity index (χ3n) is 1.24. The van der Waals surface area contributed by atoms with Gasteiger partial charge in [0.25, 0.3) is 5.91 Å². The molecule has 2 N–H and O–H groups in total. The summed E-state index contributed by atoms with van der Waals surface area (Å²) in [6.07, 6.45) is -5.75. The molecular formula is C6H8F3NO2S. The number of carbonyl (C=O) groups is 1. The summed E-state index contributed by atoms with van der Waals surface area (Å²) in [6.45, 7) is 0. The second kappa shape index (κ2) is 5.00. The van der Waals surface area contributed by atoms with Crippen LogP contribution in [0.5, 0.6) is 0 Å². The van der Waals surface area contributed by atoms with Crippen molar-refractivity contribution >= 4 is 22.0 Å². The van der Waals surface area contributed by atoms with Gasteiger partial charge in [0.2, 0.25) is 0 Å². The van der Waals surface area contributed by atoms with E-state index < -0.39 is 18.5 Å². The maximum Gasteiger partial charge on any atom is 0.389 e. The van der Waals surface area contributed by atoms with Crippen molar-refractivity contribution in [2.45, 2.75) is 25.4 Å². The van der Waals surface area contributed by atoms with Gasteiger partial charge in [0.15, 0.2) is 0 Å². The van der Waals surface area contributed by atoms with Crippen LogP contribution in [-0.2, 0) is 16.1 Å². The summed E-state index contributed by atoms with van der Waals surface area (Å²) >= 11 is -0.147. The van der Waals surface area contributed by atoms with Gasteiger partial charge in [-0.15, -0.1) is 0 Å². The summed E-state index contributed by atoms with van der Waals surface area (Å²) in [5, 5.41) is 0. The molecule has 7 heteroatoms. The molecule has 0 aromatic rings. The normalized spacial score (nSPS) is 11.0. The van der Waals surface area contributed by atoms with Gasteiger partial charge >= 0.3 is 6.18 Å². The van der Waals surface area contributed by atoms with Gasteiger partial charge in [-0.2, -0.15) is 13.2 Å². The average Bonchev–Trinajstić information content (AvgIpc) is 1.95. The SMILES string of the molecule is NC(=O)C(CCCC(F)(F)F)=S=O. The highest BCUT2D eigenvalue weighted by atomic mass is 32.1. The van der Waals surface area contributed by atoms with E-state index in [0.29, 0.717) is 0 Å². The monoisotopic (exact) mass is 215 g/mol. The molecule has 0 rings (SSSR count). The minimum Gasteiger partial charge on any atom is -0.365 e. The van der Waals surface area contributed by atoms with Gasteiger partial charge in [0.1, 0.15) is 4.86 Å². The molecule has 0 aliphatic carbocycles. The average molecular weight is 215 g/mol. The van der Waals surface area contributed by atoms with Crippen molar-refractivity contribution in [1.82, 2.24) is 0 Å². The molecule has 0 spiro atoms. The lowest BCUT2D eigenvalue weighted by Gasteiger charge is -2.04. The third kappa shape index (κ3) is 6.32. The Morgan fingerprint density at radius 1 is 1.38 bits per heavy atom. The summed E-state index contributed by atoms with van der Waals surface area (Å²) in [7, 11) is 0. The number of amides is 1. The topological polar surface area (TPSA) is 60.2 Å². The second-order valence-electron chi connectivity index (χ2n) is 2.34. The van der Waals surface area contributed by atoms with Crippen LogP contribution in [0.4, 0.5) is 13.2 Å². The van der Waals surface area contributed by atoms with E-state index in [1.807, 2.05) is 0 Å². The zero-order valence-electron chi connectivity index (χ0n) is 6.56. The van der Waals surface area contributed by atoms with Gasteiger partial charge < -0.3 is 5.73 Å². The third-order valence-corrected chi connectivity index (χ3v) is 1.85. The smallest absolute Gasteiger partial charge is 0.365 e. The van der Waals surface area contributed by atoms with E-state index in [2.05, 4.69) is 0 Å². The molecule has 76 valence electrons. The molecule has 0 fully saturated rings. The number of carbonyl (C=O) groups excluding carboxylic acids is 1. The molecular weight excluding hydrogens is 207 g/mol. The summed E-state index contributed by atoms with van der Waals surface area (Å²) in [4.78, 5) is 10.1. The Hall–Kier alpha value is -0.850. The van der Waals surface area contributed by atoms with Crippen LogP contribution in [0.1, 0.15) is 19.3 Å². The van der Waals surface area contributed by atoms with Gasteiger partial charge in [0.05, 0.1) is 11.3 Å². The maximum absolute atomic E-state index is 11.6. The van der Waals surface area contributed by atoms with Gasteiger partial charge in [-0.05, 0) is 12.8 Å². The van der Waals surface area contributed by atoms with Crippen molar-refractivity contribution < 1.29 is 22.2 Å². The van der Waals surface area contributed by atoms with E-state index in [1.165, 1.54) is 0 Å². The molecule has 1 amide bonds. The fraction of sp³-hybridized carbons (Fsp3) is 0.667. The van der Waals surface area contributed by atoms with Crippen molar-refractivity contribution in [3.8, 4) is 0 Å². The lowest BCUT2D eigenvalue weighted by molar-refractivity contribution is -0.135. The molecule has 0 aromatic heterocycles. The molecule has 0 unspecified atom stereocenters. The van der Waals surface area contributed by atoms with Crippen LogP contribution in [0.15, 0.2) is 0 Å². The molecule has 0 saturated heterocycles. The van der Waals surface area contributed by atoms with E-state index in [-0.39, 0.29) is 29.0 Å². The highest BCUT2D eigenvalue weighted by Crippen LogP contribution is 2.22. The van der Waals surface area contributed by atoms with Crippen molar-refractivity contribution in [2.75, 3.05) is 0 Å². The Bertz CT molecular complexity index is 245. The molecule has 0 aliphatic rings. The first-order valence-corrected chi connectivity index (χ1v) is 4.13. The number of nitrogens with two attached hydrogens (primary N) is 1. The molecule has 3 nitrogen and oxygen atoms in total. The fourth-order valence-corrected chi connectivity index (χ4v) is 0.965. The number of hydrogen-bond acceptors (Lipinski definition) is 2. The summed E-state index contributed by atoms with van der Waals surface area (Å²) in [6, 6.07) is 0. The first-order valence-electron chi connectivity index (χ1n) is 3.39. The highest BCUT2D eigenvalue weighted by Gasteiger charge is 2.26. The van der Waals surface area contributed by atoms with E-state index in [0.717, 1.165) is 0 Å². The Balaban J connectivity index is 3.90. The van der Waals surface area contributed by atoms with Gasteiger partial charge in [0, 0.05) is 6.42 Å². The van der Waals surface area contributed by atoms with E-state index in [9.17, 15) is 22.2 Å². The number of rotatable bonds is 4. The van der Waals surface area contributed by atoms with Gasteiger partial charge in [-0.25, -0.2) is 4.21 Å². The quantitative estimate of drug-likeness (QED) is 0.698. The number of primary amides is 1. The standard InChI is InChI=1S/C6H8F3NO2S/c7-6(8,9)3-1-2-4(13-12)5(10)11/h1-3H2,(H2,10,11). The predicted octanol–water partition coefficient (Wildman–Crippen LogP) is 0.590. The molecule has 0 aromatic carbocycles. The zero-order valence-corrected chi connectivity index (χ0v) is 7.37. The van der Waals surface area contributed by atoms with Crippen LogP contribution in [0.2, 0.25) is 0 Å². The van der Waals surface area contributed by atoms with Gasteiger partial charge in [-0.1, -0.05) is 0 Å². The molecule has 0 saturated carbocycles. The molecule has 0 radical (unpaired) electrons. The van der Waals surface area contributed by atoms with E-state index in [1.54, 1.807) is 0 Å². The Labute approximate surface area is 76.2 Å². The molecule has 13 heavy (non-hydrogen) atoms. The van der Waals surface area contributed by atoms with Crippen LogP contribution >= 0.6 is 0 Å². The van der Waals surface area contributed by atoms with Gasteiger partial charge in [-0.3, -0.25) is 4.79 Å². The Morgan fingerprint density at radius 3 is 2.23 bits per heavy atom. The number of halogens is 3. The van der Waals surface area contributed by atoms with E-state index >= 15 is 0 Å². The van der Waals surface area contributed by atoms with Crippen molar-refractivity contribution in [1.29, 1.82) is 0 Å². The molecule has 0 heterocycles. The Morgan fingerprint density at radius 2 is 1.92 bits per heavy atom. The van der Waals surface area contributed by atoms with Crippen molar-refractivity contribution in [3.05, 3.63) is 0 Å². The van der Waals surface area contributed by atoms with Crippen LogP contribution in [0.25, 0.3) is 0 Å². The maximum atomic E-state index is 11.6. The largest absolute Gasteiger partial charge is 0.389 e. The minimum atomic E-state index is -4.25. The number of alkyl halides is 3. The predicted molar refractivity (Wildman–Crippen MR) is 42.2 cm³/mol. The molecule has 0 atom stereocenters. The van der Waals surface area contributed by atoms with Crippen LogP contribution in [0.3, 0.4) is 0 Å². The zero-order chi connectivity index (χ0) is 10.5. The first-order chi connectivity index (χ1) is 5.87. The summed E-state index contributed by atoms with van der Waals surface area (Å²) in [5.74, 6) is -0.942.